The summed E-state index contributed by atoms with van der Waals surface area (Å²) in [6, 6.07) is 4.67. The maximum atomic E-state index is 12.3. The first-order chi connectivity index (χ1) is 12.4. The largest absolute Gasteiger partial charge is 0.493 e. The van der Waals surface area contributed by atoms with E-state index in [2.05, 4.69) is 20.4 Å². The molecule has 7 nitrogen and oxygen atoms in total. The molecule has 0 atom stereocenters. The van der Waals surface area contributed by atoms with Crippen molar-refractivity contribution in [2.24, 2.45) is 0 Å². The third-order valence-corrected chi connectivity index (χ3v) is 3.52. The summed E-state index contributed by atoms with van der Waals surface area (Å²) in [5.41, 5.74) is 1.78. The van der Waals surface area contributed by atoms with Crippen LogP contribution in [-0.2, 0) is 6.54 Å². The third kappa shape index (κ3) is 3.95. The number of nitrogens with one attached hydrogen (secondary N) is 1. The van der Waals surface area contributed by atoms with E-state index in [0.717, 1.165) is 5.56 Å². The van der Waals surface area contributed by atoms with Crippen molar-refractivity contribution in [3.63, 3.8) is 0 Å². The van der Waals surface area contributed by atoms with E-state index in [1.165, 1.54) is 19.5 Å². The minimum Gasteiger partial charge on any atom is -0.493 e. The second kappa shape index (κ2) is 7.06. The predicted molar refractivity (Wildman–Crippen MR) is 86.2 cm³/mol. The maximum Gasteiger partial charge on any atom is 0.422 e. The Kier molecular flexibility index (Phi) is 4.83. The summed E-state index contributed by atoms with van der Waals surface area (Å²) < 4.78 is 51.8. The zero-order valence-electron chi connectivity index (χ0n) is 13.9. The third-order valence-electron chi connectivity index (χ3n) is 3.52. The van der Waals surface area contributed by atoms with Crippen LogP contribution in [0.3, 0.4) is 0 Å². The van der Waals surface area contributed by atoms with E-state index >= 15 is 0 Å². The molecule has 0 fully saturated rings. The second-order valence-electron chi connectivity index (χ2n) is 5.41. The van der Waals surface area contributed by atoms with Gasteiger partial charge in [-0.2, -0.15) is 18.2 Å². The van der Waals surface area contributed by atoms with Crippen molar-refractivity contribution in [1.29, 1.82) is 0 Å². The van der Waals surface area contributed by atoms with E-state index in [1.807, 2.05) is 0 Å². The van der Waals surface area contributed by atoms with Gasteiger partial charge in [0.25, 0.3) is 5.71 Å². The molecule has 0 unspecified atom stereocenters. The average Bonchev–Trinajstić information content (AvgIpc) is 2.99. The topological polar surface area (TPSA) is 82.3 Å². The number of rotatable bonds is 6. The Labute approximate surface area is 146 Å². The number of benzene rings is 1. The molecule has 1 N–H and O–H groups in total. The highest BCUT2D eigenvalue weighted by Gasteiger charge is 2.29. The number of hydrogen-bond acceptors (Lipinski definition) is 7. The number of fused-ring (bicyclic) bond motifs is 1. The van der Waals surface area contributed by atoms with Gasteiger partial charge in [0.1, 0.15) is 17.5 Å². The number of nitrogens with zero attached hydrogens (tertiary/aromatic N) is 3. The number of hydrogen-bond donors (Lipinski definition) is 1. The number of anilines is 1. The van der Waals surface area contributed by atoms with Gasteiger partial charge in [0, 0.05) is 6.54 Å². The molecule has 3 aromatic rings. The minimum absolute atomic E-state index is 0.0212. The first kappa shape index (κ1) is 17.8. The van der Waals surface area contributed by atoms with Crippen LogP contribution in [0.5, 0.6) is 11.5 Å². The summed E-state index contributed by atoms with van der Waals surface area (Å²) in [5, 5.41) is 7.65. The number of halogens is 3. The highest BCUT2D eigenvalue weighted by molar-refractivity contribution is 5.87. The van der Waals surface area contributed by atoms with Gasteiger partial charge in [-0.15, -0.1) is 0 Å². The molecule has 2 aromatic heterocycles. The Morgan fingerprint density at radius 2 is 2.00 bits per heavy atom. The van der Waals surface area contributed by atoms with Gasteiger partial charge in [-0.1, -0.05) is 11.2 Å². The van der Waals surface area contributed by atoms with E-state index in [-0.39, 0.29) is 11.5 Å². The Balaban J connectivity index is 1.74. The van der Waals surface area contributed by atoms with E-state index in [9.17, 15) is 13.2 Å². The number of alkyl halides is 3. The lowest BCUT2D eigenvalue weighted by Crippen LogP contribution is -2.19. The smallest absolute Gasteiger partial charge is 0.422 e. The van der Waals surface area contributed by atoms with Crippen LogP contribution in [-0.4, -0.2) is 35.0 Å². The summed E-state index contributed by atoms with van der Waals surface area (Å²) in [6.45, 7) is 0.746. The fourth-order valence-electron chi connectivity index (χ4n) is 2.34. The minimum atomic E-state index is -4.42. The van der Waals surface area contributed by atoms with Gasteiger partial charge in [-0.05, 0) is 24.6 Å². The zero-order chi connectivity index (χ0) is 18.7. The van der Waals surface area contributed by atoms with E-state index in [0.29, 0.717) is 29.2 Å². The van der Waals surface area contributed by atoms with Gasteiger partial charge >= 0.3 is 6.18 Å². The van der Waals surface area contributed by atoms with Crippen molar-refractivity contribution in [3.05, 3.63) is 35.8 Å². The molecule has 0 aliphatic rings. The normalized spacial score (nSPS) is 11.6. The van der Waals surface area contributed by atoms with Crippen molar-refractivity contribution in [2.45, 2.75) is 19.6 Å². The summed E-state index contributed by atoms with van der Waals surface area (Å²) in [7, 11) is 1.36. The van der Waals surface area contributed by atoms with Gasteiger partial charge in [0.2, 0.25) is 0 Å². The predicted octanol–water partition coefficient (Wildman–Crippen LogP) is 3.49. The lowest BCUT2D eigenvalue weighted by molar-refractivity contribution is -0.153. The van der Waals surface area contributed by atoms with Crippen LogP contribution in [0, 0.1) is 6.92 Å². The first-order valence-electron chi connectivity index (χ1n) is 7.54. The van der Waals surface area contributed by atoms with Crippen LogP contribution >= 0.6 is 0 Å². The van der Waals surface area contributed by atoms with E-state index in [4.69, 9.17) is 14.0 Å². The van der Waals surface area contributed by atoms with Crippen LogP contribution in [0.4, 0.5) is 19.0 Å². The molecule has 0 aliphatic carbocycles. The quantitative estimate of drug-likeness (QED) is 0.713. The van der Waals surface area contributed by atoms with Crippen molar-refractivity contribution in [2.75, 3.05) is 19.0 Å². The monoisotopic (exact) mass is 368 g/mol. The molecule has 0 radical (unpaired) electrons. The second-order valence-corrected chi connectivity index (χ2v) is 5.41. The van der Waals surface area contributed by atoms with Gasteiger partial charge < -0.3 is 19.3 Å². The first-order valence-corrected chi connectivity index (χ1v) is 7.54. The molecule has 10 heteroatoms. The Morgan fingerprint density at radius 3 is 2.73 bits per heavy atom. The van der Waals surface area contributed by atoms with Crippen LogP contribution in [0.1, 0.15) is 11.3 Å². The molecule has 0 spiro atoms. The van der Waals surface area contributed by atoms with Gasteiger partial charge in [-0.25, -0.2) is 4.98 Å². The summed E-state index contributed by atoms with van der Waals surface area (Å²) >= 11 is 0. The summed E-state index contributed by atoms with van der Waals surface area (Å²) in [6.07, 6.45) is -3.07. The van der Waals surface area contributed by atoms with Crippen LogP contribution < -0.4 is 14.8 Å². The molecular formula is C16H15F3N4O3. The lowest BCUT2D eigenvalue weighted by atomic mass is 10.2. The van der Waals surface area contributed by atoms with Crippen LogP contribution in [0.25, 0.3) is 11.1 Å². The number of aromatic nitrogens is 3. The molecule has 0 amide bonds. The Hall–Kier alpha value is -3.04. The maximum absolute atomic E-state index is 12.3. The Bertz CT molecular complexity index is 911. The van der Waals surface area contributed by atoms with Gasteiger partial charge in [0.05, 0.1) is 12.8 Å². The molecular weight excluding hydrogens is 353 g/mol. The average molecular weight is 368 g/mol. The Morgan fingerprint density at radius 1 is 1.19 bits per heavy atom. The van der Waals surface area contributed by atoms with Crippen molar-refractivity contribution in [1.82, 2.24) is 15.1 Å². The van der Waals surface area contributed by atoms with Gasteiger partial charge in [-0.3, -0.25) is 0 Å². The molecule has 0 saturated carbocycles. The molecule has 26 heavy (non-hydrogen) atoms. The highest BCUT2D eigenvalue weighted by atomic mass is 19.4. The molecule has 3 rings (SSSR count). The van der Waals surface area contributed by atoms with Gasteiger partial charge in [0.15, 0.2) is 18.1 Å². The van der Waals surface area contributed by atoms with Crippen molar-refractivity contribution >= 4 is 16.9 Å². The SMILES string of the molecule is COc1cc(CNc2ncnc3onc(C)c23)ccc1OCC(F)(F)F. The molecule has 138 valence electrons. The molecule has 0 bridgehead atoms. The zero-order valence-corrected chi connectivity index (χ0v) is 13.9. The molecule has 0 aliphatic heterocycles. The lowest BCUT2D eigenvalue weighted by Gasteiger charge is -2.14. The van der Waals surface area contributed by atoms with Crippen molar-refractivity contribution < 1.29 is 27.2 Å². The summed E-state index contributed by atoms with van der Waals surface area (Å²) in [4.78, 5) is 8.16. The molecule has 0 saturated heterocycles. The van der Waals surface area contributed by atoms with Crippen molar-refractivity contribution in [3.8, 4) is 11.5 Å². The fourth-order valence-corrected chi connectivity index (χ4v) is 2.34. The number of ether oxygens (including phenoxy) is 2. The van der Waals surface area contributed by atoms with E-state index in [1.54, 1.807) is 19.1 Å². The molecule has 1 aromatic carbocycles. The van der Waals surface area contributed by atoms with E-state index < -0.39 is 12.8 Å². The summed E-state index contributed by atoms with van der Waals surface area (Å²) in [5.74, 6) is 0.778. The fraction of sp³-hybridized carbons (Fsp3) is 0.312. The number of methoxy groups -OCH3 is 1. The standard InChI is InChI=1S/C16H15F3N4O3/c1-9-13-14(21-8-22-15(13)26-23-9)20-6-10-3-4-11(12(5-10)24-2)25-7-16(17,18)19/h3-5,8H,6-7H2,1-2H3,(H,20,21,22). The highest BCUT2D eigenvalue weighted by Crippen LogP contribution is 2.30. The van der Waals surface area contributed by atoms with Crippen LogP contribution in [0.15, 0.2) is 29.0 Å². The number of aryl methyl sites for hydroxylation is 1. The van der Waals surface area contributed by atoms with Crippen LogP contribution in [0.2, 0.25) is 0 Å². The molecule has 2 heterocycles.